The van der Waals surface area contributed by atoms with Crippen molar-refractivity contribution in [1.82, 2.24) is 10.2 Å². The molecule has 40 heavy (non-hydrogen) atoms. The fourth-order valence-corrected chi connectivity index (χ4v) is 5.87. The van der Waals surface area contributed by atoms with Crippen LogP contribution in [-0.2, 0) is 4.74 Å². The molecule has 2 aliphatic heterocycles. The normalized spacial score (nSPS) is 19.8. The number of Topliss-reactive ketones (excluding diaryl/α,β-unsaturated/α-hetero) is 1. The van der Waals surface area contributed by atoms with Gasteiger partial charge in [0.25, 0.3) is 5.91 Å². The number of carbonyl (C=O) groups is 2. The number of ketones is 1. The molecule has 0 aromatic heterocycles. The van der Waals surface area contributed by atoms with Gasteiger partial charge < -0.3 is 20.3 Å². The summed E-state index contributed by atoms with van der Waals surface area (Å²) in [5.74, 6) is -1.38. The van der Waals surface area contributed by atoms with Gasteiger partial charge in [0.05, 0.1) is 41.5 Å². The topological polar surface area (TPSA) is 70.7 Å². The Morgan fingerprint density at radius 2 is 1.88 bits per heavy atom. The molecule has 1 fully saturated rings. The van der Waals surface area contributed by atoms with E-state index in [9.17, 15) is 14.0 Å². The van der Waals surface area contributed by atoms with Gasteiger partial charge in [-0.15, -0.1) is 0 Å². The number of fused-ring (bicyclic) bond motifs is 3. The summed E-state index contributed by atoms with van der Waals surface area (Å²) in [6.45, 7) is 1.77. The largest absolute Gasteiger partial charge is 0.373 e. The molecule has 2 heterocycles. The first-order valence-corrected chi connectivity index (χ1v) is 13.5. The highest BCUT2D eigenvalue weighted by Crippen LogP contribution is 2.36. The lowest BCUT2D eigenvalue weighted by Crippen LogP contribution is -2.48. The number of rotatable bonds is 5. The molecule has 1 aliphatic carbocycles. The van der Waals surface area contributed by atoms with Crippen molar-refractivity contribution in [2.24, 2.45) is 5.92 Å². The average Bonchev–Trinajstić information content (AvgIpc) is 3.17. The van der Waals surface area contributed by atoms with Crippen molar-refractivity contribution in [3.8, 4) is 11.1 Å². The lowest BCUT2D eigenvalue weighted by Gasteiger charge is -2.42. The van der Waals surface area contributed by atoms with E-state index in [0.717, 1.165) is 16.8 Å². The summed E-state index contributed by atoms with van der Waals surface area (Å²) in [5.41, 5.74) is 4.46. The predicted octanol–water partition coefficient (Wildman–Crippen LogP) is 6.19. The maximum absolute atomic E-state index is 14.1. The van der Waals surface area contributed by atoms with Crippen LogP contribution in [-0.4, -0.2) is 42.4 Å². The molecule has 1 amide bonds. The molecule has 3 aliphatic rings. The van der Waals surface area contributed by atoms with E-state index in [1.54, 1.807) is 24.3 Å². The minimum absolute atomic E-state index is 0.0626. The Kier molecular flexibility index (Phi) is 7.24. The standard InChI is InChI=1S/C32H27ClFN3O3/c33-29-16-23(36-32(39)28-15-22(34)9-11-25(28)20-5-2-1-3-6-20)10-12-26(29)31(38)27-8-4-7-21-17-35-18-24-19-40-14-13-37(24)30(21)27/h1-7,9-12,15-18,27,30,35H,8,13-14,19H2,(H,36,39). The summed E-state index contributed by atoms with van der Waals surface area (Å²) >= 11 is 6.65. The number of morpholine rings is 1. The molecule has 2 unspecified atom stereocenters. The van der Waals surface area contributed by atoms with Crippen molar-refractivity contribution in [3.63, 3.8) is 0 Å². The number of hydrogen-bond acceptors (Lipinski definition) is 5. The van der Waals surface area contributed by atoms with Crippen molar-refractivity contribution in [1.29, 1.82) is 0 Å². The third-order valence-electron chi connectivity index (χ3n) is 7.49. The van der Waals surface area contributed by atoms with Gasteiger partial charge in [0.1, 0.15) is 5.82 Å². The molecule has 0 radical (unpaired) electrons. The van der Waals surface area contributed by atoms with E-state index in [0.29, 0.717) is 43.0 Å². The molecule has 2 atom stereocenters. The van der Waals surface area contributed by atoms with Gasteiger partial charge in [-0.05, 0) is 53.5 Å². The first kappa shape index (κ1) is 26.0. The van der Waals surface area contributed by atoms with E-state index in [1.165, 1.54) is 12.1 Å². The summed E-state index contributed by atoms with van der Waals surface area (Å²) < 4.78 is 19.8. The summed E-state index contributed by atoms with van der Waals surface area (Å²) in [7, 11) is 0. The van der Waals surface area contributed by atoms with Gasteiger partial charge in [-0.1, -0.05) is 60.2 Å². The van der Waals surface area contributed by atoms with Crippen LogP contribution in [0.3, 0.4) is 0 Å². The van der Waals surface area contributed by atoms with Crippen LogP contribution < -0.4 is 10.6 Å². The van der Waals surface area contributed by atoms with Crippen LogP contribution in [0.4, 0.5) is 10.1 Å². The van der Waals surface area contributed by atoms with Crippen molar-refractivity contribution in [2.75, 3.05) is 25.1 Å². The van der Waals surface area contributed by atoms with Gasteiger partial charge in [-0.25, -0.2) is 4.39 Å². The van der Waals surface area contributed by atoms with Crippen LogP contribution in [0.25, 0.3) is 11.1 Å². The molecular formula is C32H27ClFN3O3. The van der Waals surface area contributed by atoms with Gasteiger partial charge in [0.2, 0.25) is 0 Å². The van der Waals surface area contributed by atoms with Crippen LogP contribution in [0.5, 0.6) is 0 Å². The molecule has 1 saturated heterocycles. The summed E-state index contributed by atoms with van der Waals surface area (Å²) in [6.07, 6.45) is 8.52. The van der Waals surface area contributed by atoms with Gasteiger partial charge >= 0.3 is 0 Å². The van der Waals surface area contributed by atoms with E-state index in [1.807, 2.05) is 48.8 Å². The zero-order valence-electron chi connectivity index (χ0n) is 21.6. The van der Waals surface area contributed by atoms with Crippen LogP contribution in [0.2, 0.25) is 5.02 Å². The number of anilines is 1. The highest BCUT2D eigenvalue weighted by atomic mass is 35.5. The Bertz CT molecular complexity index is 1570. The number of hydrogen-bond donors (Lipinski definition) is 2. The van der Waals surface area contributed by atoms with E-state index in [-0.39, 0.29) is 28.3 Å². The third kappa shape index (κ3) is 5.06. The second-order valence-corrected chi connectivity index (χ2v) is 10.4. The second-order valence-electron chi connectivity index (χ2n) is 9.95. The Balaban J connectivity index is 1.25. The van der Waals surface area contributed by atoms with Gasteiger partial charge in [-0.2, -0.15) is 0 Å². The van der Waals surface area contributed by atoms with E-state index in [2.05, 4.69) is 21.6 Å². The molecule has 0 spiro atoms. The van der Waals surface area contributed by atoms with Crippen molar-refractivity contribution >= 4 is 29.0 Å². The highest BCUT2D eigenvalue weighted by Gasteiger charge is 2.39. The van der Waals surface area contributed by atoms with Crippen LogP contribution in [0.15, 0.2) is 103 Å². The fourth-order valence-electron chi connectivity index (χ4n) is 5.60. The van der Waals surface area contributed by atoms with Gasteiger partial charge in [0, 0.05) is 30.2 Å². The Morgan fingerprint density at radius 3 is 2.70 bits per heavy atom. The minimum Gasteiger partial charge on any atom is -0.373 e. The minimum atomic E-state index is -0.509. The molecule has 0 saturated carbocycles. The Morgan fingerprint density at radius 1 is 1.02 bits per heavy atom. The lowest BCUT2D eigenvalue weighted by molar-refractivity contribution is 0.0455. The van der Waals surface area contributed by atoms with Gasteiger partial charge in [0.15, 0.2) is 5.78 Å². The first-order chi connectivity index (χ1) is 19.5. The third-order valence-corrected chi connectivity index (χ3v) is 7.81. The molecule has 0 bridgehead atoms. The quantitative estimate of drug-likeness (QED) is 0.368. The zero-order chi connectivity index (χ0) is 27.6. The molecule has 3 aromatic carbocycles. The smallest absolute Gasteiger partial charge is 0.256 e. The number of amides is 1. The van der Waals surface area contributed by atoms with Crippen molar-refractivity contribution in [3.05, 3.63) is 125 Å². The number of nitrogens with one attached hydrogen (secondary N) is 2. The summed E-state index contributed by atoms with van der Waals surface area (Å²) in [6, 6.07) is 18.2. The SMILES string of the molecule is O=C(Nc1ccc(C(=O)C2CC=CC3=CNC=C4COCCN4C32)c(Cl)c1)c1cc(F)ccc1-c1ccccc1. The Labute approximate surface area is 236 Å². The van der Waals surface area contributed by atoms with E-state index >= 15 is 0 Å². The molecule has 3 aromatic rings. The monoisotopic (exact) mass is 555 g/mol. The van der Waals surface area contributed by atoms with Crippen molar-refractivity contribution < 1.29 is 18.7 Å². The van der Waals surface area contributed by atoms with Crippen molar-refractivity contribution in [2.45, 2.75) is 12.5 Å². The van der Waals surface area contributed by atoms with Gasteiger partial charge in [-0.3, -0.25) is 9.59 Å². The maximum Gasteiger partial charge on any atom is 0.256 e. The molecule has 8 heteroatoms. The summed E-state index contributed by atoms with van der Waals surface area (Å²) in [5, 5.41) is 6.27. The Hall–Kier alpha value is -4.20. The van der Waals surface area contributed by atoms with E-state index < -0.39 is 11.7 Å². The number of halogens is 2. The van der Waals surface area contributed by atoms with Crippen LogP contribution in [0.1, 0.15) is 27.1 Å². The number of ether oxygens (including phenoxy) is 1. The molecule has 2 N–H and O–H groups in total. The lowest BCUT2D eigenvalue weighted by atomic mass is 9.79. The first-order valence-electron chi connectivity index (χ1n) is 13.2. The molecule has 6 nitrogen and oxygen atoms in total. The number of carbonyl (C=O) groups excluding carboxylic acids is 2. The molecule has 6 rings (SSSR count). The number of allylic oxidation sites excluding steroid dienone is 1. The number of nitrogens with zero attached hydrogens (tertiary/aromatic N) is 1. The molecular weight excluding hydrogens is 529 g/mol. The average molecular weight is 556 g/mol. The number of benzene rings is 3. The maximum atomic E-state index is 14.1. The zero-order valence-corrected chi connectivity index (χ0v) is 22.3. The summed E-state index contributed by atoms with van der Waals surface area (Å²) in [4.78, 5) is 29.4. The fraction of sp³-hybridized carbons (Fsp3) is 0.188. The van der Waals surface area contributed by atoms with Crippen LogP contribution in [0, 0.1) is 11.7 Å². The predicted molar refractivity (Wildman–Crippen MR) is 153 cm³/mol. The second kappa shape index (κ2) is 11.1. The van der Waals surface area contributed by atoms with Crippen LogP contribution >= 0.6 is 11.6 Å². The molecule has 202 valence electrons. The van der Waals surface area contributed by atoms with E-state index in [4.69, 9.17) is 16.3 Å². The highest BCUT2D eigenvalue weighted by molar-refractivity contribution is 6.34.